The number of ether oxygens (including phenoxy) is 1. The summed E-state index contributed by atoms with van der Waals surface area (Å²) in [7, 11) is 1.21. The van der Waals surface area contributed by atoms with Crippen LogP contribution in [0.25, 0.3) is 0 Å². The molecule has 0 unspecified atom stereocenters. The Hall–Kier alpha value is -1.26. The summed E-state index contributed by atoms with van der Waals surface area (Å²) >= 11 is 0. The molecule has 0 atom stereocenters. The van der Waals surface area contributed by atoms with Gasteiger partial charge in [0.1, 0.15) is 11.3 Å². The molecule has 0 aromatic carbocycles. The van der Waals surface area contributed by atoms with Crippen molar-refractivity contribution < 1.29 is 17.9 Å². The van der Waals surface area contributed by atoms with Crippen molar-refractivity contribution in [2.75, 3.05) is 7.11 Å². The summed E-state index contributed by atoms with van der Waals surface area (Å²) in [5.74, 6) is -0.177. The molecule has 2 nitrogen and oxygen atoms in total. The number of nitrogens with zero attached hydrogens (tertiary/aromatic N) is 1. The Labute approximate surface area is 79.7 Å². The second kappa shape index (κ2) is 3.86. The van der Waals surface area contributed by atoms with E-state index in [-0.39, 0.29) is 5.75 Å². The van der Waals surface area contributed by atoms with Crippen LogP contribution in [0.1, 0.15) is 18.2 Å². The van der Waals surface area contributed by atoms with Crippen molar-refractivity contribution in [1.29, 1.82) is 0 Å². The van der Waals surface area contributed by atoms with E-state index in [0.717, 1.165) is 6.20 Å². The number of pyridine rings is 1. The third kappa shape index (κ3) is 2.16. The Morgan fingerprint density at radius 1 is 1.43 bits per heavy atom. The first-order valence-electron chi connectivity index (χ1n) is 4.09. The van der Waals surface area contributed by atoms with Gasteiger partial charge in [0, 0.05) is 18.0 Å². The number of aromatic nitrogens is 1. The highest BCUT2D eigenvalue weighted by Crippen LogP contribution is 2.35. The number of rotatable bonds is 2. The number of hydrogen-bond donors (Lipinski definition) is 0. The molecule has 0 fully saturated rings. The summed E-state index contributed by atoms with van der Waals surface area (Å²) in [6, 6.07) is 1.31. The molecule has 0 aliphatic carbocycles. The van der Waals surface area contributed by atoms with Crippen molar-refractivity contribution in [3.05, 3.63) is 23.5 Å². The molecule has 0 aliphatic rings. The number of alkyl halides is 3. The topological polar surface area (TPSA) is 22.1 Å². The van der Waals surface area contributed by atoms with Crippen LogP contribution >= 0.6 is 0 Å². The maximum absolute atomic E-state index is 12.4. The van der Waals surface area contributed by atoms with Crippen LogP contribution in [0.15, 0.2) is 12.3 Å². The van der Waals surface area contributed by atoms with Crippen LogP contribution in [0.2, 0.25) is 0 Å². The predicted octanol–water partition coefficient (Wildman–Crippen LogP) is 2.67. The molecule has 0 aliphatic heterocycles. The van der Waals surface area contributed by atoms with Crippen LogP contribution < -0.4 is 4.74 Å². The summed E-state index contributed by atoms with van der Waals surface area (Å²) in [4.78, 5) is 3.67. The van der Waals surface area contributed by atoms with E-state index in [0.29, 0.717) is 12.1 Å². The van der Waals surface area contributed by atoms with Gasteiger partial charge < -0.3 is 4.74 Å². The lowest BCUT2D eigenvalue weighted by atomic mass is 10.2. The standard InChI is InChI=1S/C9H10F3NO/c1-3-6-4-8(14-2)7(5-13-6)9(10,11)12/h4-5H,3H2,1-2H3. The van der Waals surface area contributed by atoms with Gasteiger partial charge in [-0.05, 0) is 6.42 Å². The van der Waals surface area contributed by atoms with E-state index in [1.54, 1.807) is 0 Å². The fourth-order valence-electron chi connectivity index (χ4n) is 1.05. The zero-order chi connectivity index (χ0) is 10.8. The van der Waals surface area contributed by atoms with Crippen LogP contribution in [0.4, 0.5) is 13.2 Å². The Kier molecular flexibility index (Phi) is 2.98. The van der Waals surface area contributed by atoms with Gasteiger partial charge in [0.25, 0.3) is 0 Å². The highest BCUT2D eigenvalue weighted by molar-refractivity contribution is 5.35. The molecule has 78 valence electrons. The van der Waals surface area contributed by atoms with Gasteiger partial charge in [-0.2, -0.15) is 13.2 Å². The maximum Gasteiger partial charge on any atom is 0.421 e. The van der Waals surface area contributed by atoms with Gasteiger partial charge in [-0.15, -0.1) is 0 Å². The lowest BCUT2D eigenvalue weighted by Crippen LogP contribution is -2.08. The summed E-state index contributed by atoms with van der Waals surface area (Å²) in [5.41, 5.74) is -0.257. The van der Waals surface area contributed by atoms with Crippen molar-refractivity contribution in [2.45, 2.75) is 19.5 Å². The predicted molar refractivity (Wildman–Crippen MR) is 45.2 cm³/mol. The van der Waals surface area contributed by atoms with Crippen molar-refractivity contribution in [3.63, 3.8) is 0 Å². The third-order valence-electron chi connectivity index (χ3n) is 1.81. The summed E-state index contributed by atoms with van der Waals surface area (Å²) < 4.78 is 41.7. The van der Waals surface area contributed by atoms with Gasteiger partial charge in [-0.3, -0.25) is 4.98 Å². The second-order valence-electron chi connectivity index (χ2n) is 2.73. The molecule has 1 rings (SSSR count). The molecular formula is C9H10F3NO. The minimum atomic E-state index is -4.41. The molecule has 0 spiro atoms. The largest absolute Gasteiger partial charge is 0.496 e. The normalized spacial score (nSPS) is 11.5. The molecule has 0 saturated carbocycles. The molecule has 14 heavy (non-hydrogen) atoms. The van der Waals surface area contributed by atoms with E-state index >= 15 is 0 Å². The Morgan fingerprint density at radius 3 is 2.50 bits per heavy atom. The van der Waals surface area contributed by atoms with Gasteiger partial charge in [0.05, 0.1) is 7.11 Å². The number of methoxy groups -OCH3 is 1. The summed E-state index contributed by atoms with van der Waals surface area (Å²) in [5, 5.41) is 0. The first-order valence-corrected chi connectivity index (χ1v) is 4.09. The zero-order valence-corrected chi connectivity index (χ0v) is 7.85. The van der Waals surface area contributed by atoms with E-state index < -0.39 is 11.7 Å². The minimum Gasteiger partial charge on any atom is -0.496 e. The average molecular weight is 205 g/mol. The molecule has 1 aromatic rings. The quantitative estimate of drug-likeness (QED) is 0.740. The fraction of sp³-hybridized carbons (Fsp3) is 0.444. The van der Waals surface area contributed by atoms with Gasteiger partial charge in [-0.25, -0.2) is 0 Å². The third-order valence-corrected chi connectivity index (χ3v) is 1.81. The fourth-order valence-corrected chi connectivity index (χ4v) is 1.05. The summed E-state index contributed by atoms with van der Waals surface area (Å²) in [6.45, 7) is 1.81. The van der Waals surface area contributed by atoms with Crippen molar-refractivity contribution in [3.8, 4) is 5.75 Å². The van der Waals surface area contributed by atoms with Crippen molar-refractivity contribution in [1.82, 2.24) is 4.98 Å². The SMILES string of the molecule is CCc1cc(OC)c(C(F)(F)F)cn1. The first kappa shape index (κ1) is 10.8. The Bertz CT molecular complexity index is 322. The highest BCUT2D eigenvalue weighted by atomic mass is 19.4. The second-order valence-corrected chi connectivity index (χ2v) is 2.73. The highest BCUT2D eigenvalue weighted by Gasteiger charge is 2.34. The molecule has 0 saturated heterocycles. The van der Waals surface area contributed by atoms with Gasteiger partial charge in [0.2, 0.25) is 0 Å². The molecule has 0 radical (unpaired) electrons. The molecule has 1 heterocycles. The lowest BCUT2D eigenvalue weighted by molar-refractivity contribution is -0.139. The van der Waals surface area contributed by atoms with E-state index in [1.165, 1.54) is 13.2 Å². The number of hydrogen-bond acceptors (Lipinski definition) is 2. The van der Waals surface area contributed by atoms with Gasteiger partial charge in [0.15, 0.2) is 0 Å². The maximum atomic E-state index is 12.4. The zero-order valence-electron chi connectivity index (χ0n) is 7.85. The van der Waals surface area contributed by atoms with Crippen LogP contribution in [0, 0.1) is 0 Å². The number of halogens is 3. The van der Waals surface area contributed by atoms with E-state index in [2.05, 4.69) is 9.72 Å². The molecule has 0 amide bonds. The Morgan fingerprint density at radius 2 is 2.07 bits per heavy atom. The van der Waals surface area contributed by atoms with Crippen molar-refractivity contribution >= 4 is 0 Å². The summed E-state index contributed by atoms with van der Waals surface area (Å²) in [6.07, 6.45) is -3.03. The number of aryl methyl sites for hydroxylation is 1. The van der Waals surface area contributed by atoms with Gasteiger partial charge in [-0.1, -0.05) is 6.92 Å². The lowest BCUT2D eigenvalue weighted by Gasteiger charge is -2.11. The van der Waals surface area contributed by atoms with Gasteiger partial charge >= 0.3 is 6.18 Å². The van der Waals surface area contributed by atoms with E-state index in [1.807, 2.05) is 6.92 Å². The molecule has 1 aromatic heterocycles. The van der Waals surface area contributed by atoms with Crippen LogP contribution in [-0.2, 0) is 12.6 Å². The van der Waals surface area contributed by atoms with Crippen LogP contribution in [0.5, 0.6) is 5.75 Å². The molecule has 0 N–H and O–H groups in total. The smallest absolute Gasteiger partial charge is 0.421 e. The van der Waals surface area contributed by atoms with Crippen LogP contribution in [-0.4, -0.2) is 12.1 Å². The van der Waals surface area contributed by atoms with Crippen molar-refractivity contribution in [2.24, 2.45) is 0 Å². The monoisotopic (exact) mass is 205 g/mol. The molecule has 5 heteroatoms. The minimum absolute atomic E-state index is 0.177. The Balaban J connectivity index is 3.18. The van der Waals surface area contributed by atoms with Crippen LogP contribution in [0.3, 0.4) is 0 Å². The molecule has 0 bridgehead atoms. The average Bonchev–Trinajstić information content (AvgIpc) is 2.15. The first-order chi connectivity index (χ1) is 6.49. The molecular weight excluding hydrogens is 195 g/mol. The van der Waals surface area contributed by atoms with E-state index in [9.17, 15) is 13.2 Å². The van der Waals surface area contributed by atoms with E-state index in [4.69, 9.17) is 0 Å².